The second kappa shape index (κ2) is 10.7. The Labute approximate surface area is 212 Å². The van der Waals surface area contributed by atoms with Crippen molar-refractivity contribution < 1.29 is 40.4 Å². The molecule has 0 bridgehead atoms. The first-order valence-electron chi connectivity index (χ1n) is 11.0. The zero-order valence-corrected chi connectivity index (χ0v) is 20.9. The van der Waals surface area contributed by atoms with Crippen molar-refractivity contribution in [1.29, 1.82) is 0 Å². The molecule has 0 heterocycles. The molecule has 0 aliphatic rings. The van der Waals surface area contributed by atoms with Gasteiger partial charge in [0.2, 0.25) is 0 Å². The summed E-state index contributed by atoms with van der Waals surface area (Å²) in [6, 6.07) is 14.1. The molecule has 3 rings (SSSR count). The average Bonchev–Trinajstić information content (AvgIpc) is 2.79. The van der Waals surface area contributed by atoms with Crippen molar-refractivity contribution in [2.45, 2.75) is 50.0 Å². The van der Waals surface area contributed by atoms with Gasteiger partial charge in [0.05, 0.1) is 21.3 Å². The fraction of sp³-hybridized carbons (Fsp3) is 0.308. The van der Waals surface area contributed by atoms with E-state index in [0.717, 1.165) is 24.3 Å². The molecule has 0 radical (unpaired) electrons. The lowest BCUT2D eigenvalue weighted by molar-refractivity contribution is -0.253. The lowest BCUT2D eigenvalue weighted by Crippen LogP contribution is -2.50. The van der Waals surface area contributed by atoms with E-state index >= 15 is 0 Å². The van der Waals surface area contributed by atoms with Crippen LogP contribution in [0.4, 0.5) is 26.3 Å². The maximum absolute atomic E-state index is 14.8. The minimum Gasteiger partial charge on any atom is -0.505 e. The number of halogens is 6. The zero-order valence-electron chi connectivity index (χ0n) is 20.1. The molecule has 0 amide bonds. The van der Waals surface area contributed by atoms with Gasteiger partial charge < -0.3 is 9.84 Å². The second-order valence-electron chi connectivity index (χ2n) is 9.36. The van der Waals surface area contributed by atoms with E-state index in [1.807, 2.05) is 0 Å². The summed E-state index contributed by atoms with van der Waals surface area (Å²) in [5, 5.41) is 9.76. The summed E-state index contributed by atoms with van der Waals surface area (Å²) in [7, 11) is -1.90. The molecule has 0 fully saturated rings. The van der Waals surface area contributed by atoms with Gasteiger partial charge in [-0.3, -0.25) is 0 Å². The molecular weight excluding hydrogens is 520 g/mol. The monoisotopic (exact) mass is 545 g/mol. The minimum atomic E-state index is -4.92. The second-order valence-corrected chi connectivity index (χ2v) is 11.3. The Bertz CT molecular complexity index is 1270. The van der Waals surface area contributed by atoms with Crippen LogP contribution in [0.15, 0.2) is 66.7 Å². The molecule has 37 heavy (non-hydrogen) atoms. The molecule has 0 aliphatic heterocycles. The van der Waals surface area contributed by atoms with E-state index in [1.54, 1.807) is 51.1 Å². The molecule has 0 spiro atoms. The summed E-state index contributed by atoms with van der Waals surface area (Å²) in [6.45, 7) is 4.93. The fourth-order valence-electron chi connectivity index (χ4n) is 3.58. The smallest absolute Gasteiger partial charge is 0.461 e. The first kappa shape index (κ1) is 28.5. The standard InChI is InChI=1S/C26H25F6NO3S/c1-24(2,3)37(35)33-25(15-16-7-5-4-6-8-16,17-9-10-22(34)21(28)13-17)18-11-19(27)14-20(12-18)36-26(31,32)23(29)30/h4-14,23,33-34H,15H2,1-3H3/t25?,37-/m1/s1. The lowest BCUT2D eigenvalue weighted by Gasteiger charge is -2.38. The normalized spacial score (nSPS) is 14.9. The summed E-state index contributed by atoms with van der Waals surface area (Å²) in [6.07, 6.45) is -9.21. The zero-order chi connectivity index (χ0) is 27.6. The molecular formula is C26H25F6NO3S. The van der Waals surface area contributed by atoms with Crippen LogP contribution in [-0.4, -0.2) is 26.6 Å². The van der Waals surface area contributed by atoms with Crippen molar-refractivity contribution >= 4 is 11.0 Å². The maximum atomic E-state index is 14.8. The Morgan fingerprint density at radius 1 is 0.946 bits per heavy atom. The molecule has 3 aromatic carbocycles. The highest BCUT2D eigenvalue weighted by Gasteiger charge is 2.45. The third-order valence-electron chi connectivity index (χ3n) is 5.45. The SMILES string of the molecule is CC(C)(C)[S@@](=O)NC(Cc1ccccc1)(c1cc(F)cc(OC(F)(F)C(F)F)c1)c1ccc(O)c(F)c1. The van der Waals surface area contributed by atoms with Crippen molar-refractivity contribution in [1.82, 2.24) is 4.72 Å². The molecule has 2 atom stereocenters. The highest BCUT2D eigenvalue weighted by Crippen LogP contribution is 2.39. The molecule has 11 heteroatoms. The topological polar surface area (TPSA) is 58.6 Å². The van der Waals surface area contributed by atoms with E-state index in [2.05, 4.69) is 9.46 Å². The number of nitrogens with one attached hydrogen (secondary N) is 1. The van der Waals surface area contributed by atoms with Gasteiger partial charge in [0.1, 0.15) is 11.6 Å². The van der Waals surface area contributed by atoms with Gasteiger partial charge in [-0.1, -0.05) is 36.4 Å². The van der Waals surface area contributed by atoms with Crippen LogP contribution in [0, 0.1) is 11.6 Å². The maximum Gasteiger partial charge on any atom is 0.461 e. The van der Waals surface area contributed by atoms with Crippen LogP contribution < -0.4 is 9.46 Å². The molecule has 2 N–H and O–H groups in total. The lowest BCUT2D eigenvalue weighted by atomic mass is 9.78. The number of benzene rings is 3. The van der Waals surface area contributed by atoms with Crippen LogP contribution in [-0.2, 0) is 22.9 Å². The van der Waals surface area contributed by atoms with Gasteiger partial charge in [-0.05, 0) is 68.1 Å². The Morgan fingerprint density at radius 3 is 2.16 bits per heavy atom. The van der Waals surface area contributed by atoms with Crippen LogP contribution in [0.25, 0.3) is 0 Å². The first-order chi connectivity index (χ1) is 17.1. The highest BCUT2D eigenvalue weighted by atomic mass is 32.2. The summed E-state index contributed by atoms with van der Waals surface area (Å²) in [5.74, 6) is -3.76. The third kappa shape index (κ3) is 6.64. The molecule has 200 valence electrons. The average molecular weight is 546 g/mol. The molecule has 0 saturated carbocycles. The molecule has 0 aliphatic carbocycles. The van der Waals surface area contributed by atoms with Crippen molar-refractivity contribution in [3.05, 3.63) is 95.1 Å². The molecule has 0 aromatic heterocycles. The van der Waals surface area contributed by atoms with Crippen molar-refractivity contribution in [3.63, 3.8) is 0 Å². The van der Waals surface area contributed by atoms with E-state index in [9.17, 15) is 35.7 Å². The van der Waals surface area contributed by atoms with Crippen LogP contribution in [0.5, 0.6) is 11.5 Å². The summed E-state index contributed by atoms with van der Waals surface area (Å²) < 4.78 is 102. The van der Waals surface area contributed by atoms with Gasteiger partial charge in [0.15, 0.2) is 11.6 Å². The summed E-state index contributed by atoms with van der Waals surface area (Å²) in [5.41, 5.74) is -1.26. The van der Waals surface area contributed by atoms with Crippen LogP contribution in [0.1, 0.15) is 37.5 Å². The predicted octanol–water partition coefficient (Wildman–Crippen LogP) is 6.45. The number of alkyl halides is 4. The van der Waals surface area contributed by atoms with Crippen LogP contribution >= 0.6 is 0 Å². The van der Waals surface area contributed by atoms with E-state index in [-0.39, 0.29) is 17.5 Å². The number of rotatable bonds is 9. The van der Waals surface area contributed by atoms with Gasteiger partial charge in [-0.2, -0.15) is 17.6 Å². The van der Waals surface area contributed by atoms with Gasteiger partial charge >= 0.3 is 12.5 Å². The molecule has 0 saturated heterocycles. The number of hydrogen-bond donors (Lipinski definition) is 2. The number of ether oxygens (including phenoxy) is 1. The van der Waals surface area contributed by atoms with Gasteiger partial charge in [-0.15, -0.1) is 0 Å². The van der Waals surface area contributed by atoms with E-state index in [1.165, 1.54) is 6.07 Å². The quantitative estimate of drug-likeness (QED) is 0.304. The van der Waals surface area contributed by atoms with Gasteiger partial charge in [0, 0.05) is 6.07 Å². The Morgan fingerprint density at radius 2 is 1.59 bits per heavy atom. The van der Waals surface area contributed by atoms with Crippen molar-refractivity contribution in [2.75, 3.05) is 0 Å². The van der Waals surface area contributed by atoms with Gasteiger partial charge in [0.25, 0.3) is 0 Å². The van der Waals surface area contributed by atoms with E-state index in [4.69, 9.17) is 0 Å². The molecule has 1 unspecified atom stereocenters. The number of aromatic hydroxyl groups is 1. The molecule has 3 aromatic rings. The first-order valence-corrected chi connectivity index (χ1v) is 12.2. The summed E-state index contributed by atoms with van der Waals surface area (Å²) in [4.78, 5) is 0. The summed E-state index contributed by atoms with van der Waals surface area (Å²) >= 11 is 0. The largest absolute Gasteiger partial charge is 0.505 e. The number of phenols is 1. The van der Waals surface area contributed by atoms with E-state index < -0.39 is 56.9 Å². The number of phenolic OH excluding ortho intramolecular Hbond substituents is 1. The fourth-order valence-corrected chi connectivity index (χ4v) is 4.51. The van der Waals surface area contributed by atoms with Gasteiger partial charge in [-0.25, -0.2) is 17.7 Å². The van der Waals surface area contributed by atoms with Crippen molar-refractivity contribution in [2.24, 2.45) is 0 Å². The highest BCUT2D eigenvalue weighted by molar-refractivity contribution is 7.84. The van der Waals surface area contributed by atoms with Crippen molar-refractivity contribution in [3.8, 4) is 11.5 Å². The minimum absolute atomic E-state index is 0.0569. The van der Waals surface area contributed by atoms with Crippen LogP contribution in [0.2, 0.25) is 0 Å². The number of hydrogen-bond acceptors (Lipinski definition) is 3. The molecule has 4 nitrogen and oxygen atoms in total. The third-order valence-corrected chi connectivity index (χ3v) is 7.09. The Kier molecular flexibility index (Phi) is 8.28. The Hall–Kier alpha value is -3.05. The van der Waals surface area contributed by atoms with E-state index in [0.29, 0.717) is 11.6 Å². The predicted molar refractivity (Wildman–Crippen MR) is 128 cm³/mol. The Balaban J connectivity index is 2.33. The van der Waals surface area contributed by atoms with Crippen LogP contribution in [0.3, 0.4) is 0 Å².